The molecule has 0 saturated heterocycles. The van der Waals surface area contributed by atoms with Crippen molar-refractivity contribution < 1.29 is 9.59 Å². The standard InChI is InChI=1S/C10H14N4O2/c1-6(11)9(15)13-7-2-4-8(5-3-7)14-10(12)16/h2-6H,11H2,1H3,(H,13,15)(H3,12,14,16)/t6-/m1/s1. The third kappa shape index (κ3) is 3.58. The van der Waals surface area contributed by atoms with Crippen LogP contribution in [-0.2, 0) is 4.79 Å². The molecule has 0 aliphatic carbocycles. The van der Waals surface area contributed by atoms with Crippen molar-refractivity contribution in [1.82, 2.24) is 0 Å². The summed E-state index contributed by atoms with van der Waals surface area (Å²) >= 11 is 0. The molecule has 0 saturated carbocycles. The lowest BCUT2D eigenvalue weighted by molar-refractivity contribution is -0.117. The molecule has 0 unspecified atom stereocenters. The summed E-state index contributed by atoms with van der Waals surface area (Å²) in [5.74, 6) is -0.268. The Morgan fingerprint density at radius 3 is 1.94 bits per heavy atom. The van der Waals surface area contributed by atoms with Gasteiger partial charge in [-0.15, -0.1) is 0 Å². The van der Waals surface area contributed by atoms with Crippen LogP contribution in [-0.4, -0.2) is 18.0 Å². The highest BCUT2D eigenvalue weighted by atomic mass is 16.2. The largest absolute Gasteiger partial charge is 0.351 e. The molecule has 0 radical (unpaired) electrons. The second-order valence-electron chi connectivity index (χ2n) is 3.34. The Morgan fingerprint density at radius 2 is 1.56 bits per heavy atom. The fourth-order valence-corrected chi connectivity index (χ4v) is 1.04. The molecule has 6 nitrogen and oxygen atoms in total. The highest BCUT2D eigenvalue weighted by Crippen LogP contribution is 2.13. The Labute approximate surface area is 93.0 Å². The summed E-state index contributed by atoms with van der Waals surface area (Å²) in [4.78, 5) is 21.8. The number of anilines is 2. The van der Waals surface area contributed by atoms with Gasteiger partial charge in [-0.25, -0.2) is 4.79 Å². The van der Waals surface area contributed by atoms with Crippen LogP contribution in [0.2, 0.25) is 0 Å². The van der Waals surface area contributed by atoms with Crippen molar-refractivity contribution in [1.29, 1.82) is 0 Å². The van der Waals surface area contributed by atoms with Crippen LogP contribution in [0.4, 0.5) is 16.2 Å². The molecule has 86 valence electrons. The van der Waals surface area contributed by atoms with Gasteiger partial charge in [0.25, 0.3) is 0 Å². The van der Waals surface area contributed by atoms with Gasteiger partial charge in [-0.2, -0.15) is 0 Å². The molecule has 6 heteroatoms. The Kier molecular flexibility index (Phi) is 3.84. The zero-order valence-electron chi connectivity index (χ0n) is 8.86. The van der Waals surface area contributed by atoms with Gasteiger partial charge in [-0.05, 0) is 31.2 Å². The Bertz CT molecular complexity index is 386. The van der Waals surface area contributed by atoms with E-state index in [9.17, 15) is 9.59 Å². The number of nitrogens with one attached hydrogen (secondary N) is 2. The summed E-state index contributed by atoms with van der Waals surface area (Å²) in [6.07, 6.45) is 0. The lowest BCUT2D eigenvalue weighted by Crippen LogP contribution is -2.32. The SMILES string of the molecule is C[C@@H](N)C(=O)Nc1ccc(NC(N)=O)cc1. The Balaban J connectivity index is 2.64. The molecule has 1 rings (SSSR count). The van der Waals surface area contributed by atoms with E-state index < -0.39 is 12.1 Å². The minimum atomic E-state index is -0.632. The zero-order valence-corrected chi connectivity index (χ0v) is 8.86. The van der Waals surface area contributed by atoms with Gasteiger partial charge in [-0.1, -0.05) is 0 Å². The molecule has 1 atom stereocenters. The predicted octanol–water partition coefficient (Wildman–Crippen LogP) is 0.463. The van der Waals surface area contributed by atoms with Gasteiger partial charge < -0.3 is 22.1 Å². The van der Waals surface area contributed by atoms with Crippen LogP contribution in [0.5, 0.6) is 0 Å². The molecule has 0 spiro atoms. The fourth-order valence-electron chi connectivity index (χ4n) is 1.04. The molecule has 0 fully saturated rings. The monoisotopic (exact) mass is 222 g/mol. The number of urea groups is 1. The summed E-state index contributed by atoms with van der Waals surface area (Å²) in [5.41, 5.74) is 11.5. The van der Waals surface area contributed by atoms with E-state index in [0.717, 1.165) is 0 Å². The molecule has 6 N–H and O–H groups in total. The first-order valence-electron chi connectivity index (χ1n) is 4.72. The summed E-state index contributed by atoms with van der Waals surface area (Å²) < 4.78 is 0. The normalized spacial score (nSPS) is 11.6. The molecule has 16 heavy (non-hydrogen) atoms. The average Bonchev–Trinajstić information content (AvgIpc) is 2.20. The van der Waals surface area contributed by atoms with Gasteiger partial charge in [0.15, 0.2) is 0 Å². The highest BCUT2D eigenvalue weighted by molar-refractivity contribution is 5.94. The number of benzene rings is 1. The van der Waals surface area contributed by atoms with E-state index in [1.54, 1.807) is 31.2 Å². The molecule has 0 aliphatic heterocycles. The minimum absolute atomic E-state index is 0.268. The molecule has 0 aliphatic rings. The average molecular weight is 222 g/mol. The van der Waals surface area contributed by atoms with E-state index in [1.807, 2.05) is 0 Å². The number of carbonyl (C=O) groups is 2. The van der Waals surface area contributed by atoms with Crippen molar-refractivity contribution >= 4 is 23.3 Å². The number of primary amides is 1. The highest BCUT2D eigenvalue weighted by Gasteiger charge is 2.06. The third-order valence-electron chi connectivity index (χ3n) is 1.83. The van der Waals surface area contributed by atoms with Gasteiger partial charge in [0.1, 0.15) is 0 Å². The van der Waals surface area contributed by atoms with Crippen LogP contribution in [0.1, 0.15) is 6.92 Å². The van der Waals surface area contributed by atoms with Gasteiger partial charge >= 0.3 is 6.03 Å². The Hall–Kier alpha value is -2.08. The van der Waals surface area contributed by atoms with Gasteiger partial charge in [0, 0.05) is 11.4 Å². The molecular formula is C10H14N4O2. The van der Waals surface area contributed by atoms with Gasteiger partial charge in [0.05, 0.1) is 6.04 Å². The van der Waals surface area contributed by atoms with Crippen molar-refractivity contribution in [3.63, 3.8) is 0 Å². The quantitative estimate of drug-likeness (QED) is 0.596. The molecule has 3 amide bonds. The number of carbonyl (C=O) groups excluding carboxylic acids is 2. The first-order chi connectivity index (χ1) is 7.49. The van der Waals surface area contributed by atoms with E-state index in [1.165, 1.54) is 0 Å². The van der Waals surface area contributed by atoms with Gasteiger partial charge in [0.2, 0.25) is 5.91 Å². The van der Waals surface area contributed by atoms with E-state index >= 15 is 0 Å². The van der Waals surface area contributed by atoms with Crippen molar-refractivity contribution in [3.8, 4) is 0 Å². The van der Waals surface area contributed by atoms with E-state index in [4.69, 9.17) is 11.5 Å². The number of hydrogen-bond donors (Lipinski definition) is 4. The second-order valence-corrected chi connectivity index (χ2v) is 3.34. The van der Waals surface area contributed by atoms with Crippen molar-refractivity contribution in [3.05, 3.63) is 24.3 Å². The molecule has 0 aromatic heterocycles. The van der Waals surface area contributed by atoms with Crippen molar-refractivity contribution in [2.24, 2.45) is 11.5 Å². The topological polar surface area (TPSA) is 110 Å². The predicted molar refractivity (Wildman–Crippen MR) is 61.9 cm³/mol. The number of hydrogen-bond acceptors (Lipinski definition) is 3. The summed E-state index contributed by atoms with van der Waals surface area (Å²) in [6.45, 7) is 1.60. The number of amides is 3. The molecule has 0 heterocycles. The third-order valence-corrected chi connectivity index (χ3v) is 1.83. The summed E-state index contributed by atoms with van der Waals surface area (Å²) in [7, 11) is 0. The maximum Gasteiger partial charge on any atom is 0.316 e. The van der Waals surface area contributed by atoms with E-state index in [2.05, 4.69) is 10.6 Å². The summed E-state index contributed by atoms with van der Waals surface area (Å²) in [6, 6.07) is 5.34. The zero-order chi connectivity index (χ0) is 12.1. The first kappa shape index (κ1) is 12.0. The maximum absolute atomic E-state index is 11.2. The number of nitrogens with two attached hydrogens (primary N) is 2. The van der Waals surface area contributed by atoms with E-state index in [-0.39, 0.29) is 5.91 Å². The van der Waals surface area contributed by atoms with Crippen LogP contribution in [0.3, 0.4) is 0 Å². The fraction of sp³-hybridized carbons (Fsp3) is 0.200. The smallest absolute Gasteiger partial charge is 0.316 e. The maximum atomic E-state index is 11.2. The second kappa shape index (κ2) is 5.13. The Morgan fingerprint density at radius 1 is 1.12 bits per heavy atom. The number of rotatable bonds is 3. The van der Waals surface area contributed by atoms with E-state index in [0.29, 0.717) is 11.4 Å². The van der Waals surface area contributed by atoms with Crippen LogP contribution < -0.4 is 22.1 Å². The van der Waals surface area contributed by atoms with Crippen LogP contribution in [0, 0.1) is 0 Å². The van der Waals surface area contributed by atoms with Crippen LogP contribution in [0.25, 0.3) is 0 Å². The molecule has 0 bridgehead atoms. The van der Waals surface area contributed by atoms with Crippen LogP contribution >= 0.6 is 0 Å². The molecule has 1 aromatic rings. The lowest BCUT2D eigenvalue weighted by Gasteiger charge is -2.08. The minimum Gasteiger partial charge on any atom is -0.351 e. The van der Waals surface area contributed by atoms with Gasteiger partial charge in [-0.3, -0.25) is 4.79 Å². The van der Waals surface area contributed by atoms with Crippen LogP contribution in [0.15, 0.2) is 24.3 Å². The molecular weight excluding hydrogens is 208 g/mol. The van der Waals surface area contributed by atoms with Crippen molar-refractivity contribution in [2.75, 3.05) is 10.6 Å². The lowest BCUT2D eigenvalue weighted by atomic mass is 10.2. The van der Waals surface area contributed by atoms with Crippen molar-refractivity contribution in [2.45, 2.75) is 13.0 Å². The molecule has 1 aromatic carbocycles. The summed E-state index contributed by atoms with van der Waals surface area (Å²) in [5, 5.41) is 5.02. The first-order valence-corrected chi connectivity index (χ1v) is 4.72.